The largest absolute Gasteiger partial charge is 0.458 e. The van der Waals surface area contributed by atoms with Crippen LogP contribution >= 0.6 is 0 Å². The molecule has 3 amide bonds. The lowest BCUT2D eigenvalue weighted by Gasteiger charge is -2.32. The molecular weight excluding hydrogens is 941 g/mol. The summed E-state index contributed by atoms with van der Waals surface area (Å²) in [5.41, 5.74) is -1.43. The van der Waals surface area contributed by atoms with Crippen molar-refractivity contribution in [3.63, 3.8) is 0 Å². The highest BCUT2D eigenvalue weighted by Gasteiger charge is 2.56. The van der Waals surface area contributed by atoms with E-state index in [1.54, 1.807) is 78.1 Å². The predicted octanol–water partition coefficient (Wildman–Crippen LogP) is 9.18. The Kier molecular flexibility index (Phi) is 17.7. The predicted molar refractivity (Wildman–Crippen MR) is 272 cm³/mol. The van der Waals surface area contributed by atoms with Crippen molar-refractivity contribution >= 4 is 41.2 Å². The topological polar surface area (TPSA) is 216 Å². The van der Waals surface area contributed by atoms with Crippen LogP contribution in [0.25, 0.3) is 11.2 Å². The summed E-state index contributed by atoms with van der Waals surface area (Å²) in [6.07, 6.45) is -0.428. The number of carbonyl (C=O) groups excluding carboxylic acids is 4. The molecule has 2 aromatic heterocycles. The van der Waals surface area contributed by atoms with Crippen LogP contribution in [0.4, 0.5) is 20.2 Å². The van der Waals surface area contributed by atoms with Crippen LogP contribution in [-0.4, -0.2) is 139 Å². The molecule has 6 rings (SSSR count). The summed E-state index contributed by atoms with van der Waals surface area (Å²) in [6.45, 7) is 26.7. The Balaban J connectivity index is 1.24. The van der Waals surface area contributed by atoms with E-state index in [9.17, 15) is 19.2 Å². The van der Waals surface area contributed by atoms with E-state index in [2.05, 4.69) is 30.5 Å². The number of aromatic nitrogens is 4. The molecule has 2 aliphatic rings. The molecule has 2 aromatic carbocycles. The van der Waals surface area contributed by atoms with Gasteiger partial charge in [-0.3, -0.25) is 9.88 Å². The van der Waals surface area contributed by atoms with Gasteiger partial charge in [0.25, 0.3) is 0 Å². The van der Waals surface area contributed by atoms with Gasteiger partial charge < -0.3 is 53.0 Å². The molecule has 5 atom stereocenters. The Labute approximate surface area is 429 Å². The van der Waals surface area contributed by atoms with Crippen molar-refractivity contribution in [3.8, 4) is 11.5 Å². The van der Waals surface area contributed by atoms with E-state index in [0.29, 0.717) is 49.4 Å². The van der Waals surface area contributed by atoms with Crippen LogP contribution in [0, 0.1) is 0 Å². The number of esters is 1. The maximum Gasteiger partial charge on any atom is 0.413 e. The Hall–Kier alpha value is -6.09. The van der Waals surface area contributed by atoms with Gasteiger partial charge in [0.05, 0.1) is 6.33 Å². The molecule has 0 unspecified atom stereocenters. The van der Waals surface area contributed by atoms with Crippen LogP contribution < -0.4 is 15.4 Å². The van der Waals surface area contributed by atoms with Gasteiger partial charge in [-0.1, -0.05) is 30.3 Å². The van der Waals surface area contributed by atoms with E-state index < -0.39 is 83.0 Å². The molecule has 400 valence electrons. The summed E-state index contributed by atoms with van der Waals surface area (Å²) in [6, 6.07) is 16.3. The number of ether oxygens (including phenoxy) is 8. The Morgan fingerprint density at radius 1 is 0.712 bits per heavy atom. The number of imidazole rings is 1. The molecule has 0 radical (unpaired) electrons. The van der Waals surface area contributed by atoms with Crippen molar-refractivity contribution in [2.75, 3.05) is 38.0 Å². The van der Waals surface area contributed by atoms with E-state index in [1.807, 2.05) is 89.2 Å². The molecule has 4 heterocycles. The molecule has 0 saturated carbocycles. The van der Waals surface area contributed by atoms with Crippen LogP contribution in [0.2, 0.25) is 0 Å². The first-order valence-corrected chi connectivity index (χ1v) is 24.9. The molecule has 2 N–H and O–H groups in total. The normalized spacial score (nSPS) is 19.2. The monoisotopic (exact) mass is 1020 g/mol. The third-order valence-electron chi connectivity index (χ3n) is 11.1. The number of fused-ring (bicyclic) bond motifs is 2. The summed E-state index contributed by atoms with van der Waals surface area (Å²) in [7, 11) is 0. The molecule has 0 spiro atoms. The maximum absolute atomic E-state index is 13.8. The molecule has 2 fully saturated rings. The van der Waals surface area contributed by atoms with Crippen molar-refractivity contribution in [1.29, 1.82) is 0 Å². The number of nitrogens with zero attached hydrogens (tertiary/aromatic N) is 6. The quantitative estimate of drug-likeness (QED) is 0.0701. The molecule has 0 aliphatic carbocycles. The number of para-hydroxylation sites is 1. The first-order valence-electron chi connectivity index (χ1n) is 24.9. The minimum Gasteiger partial charge on any atom is -0.458 e. The van der Waals surface area contributed by atoms with E-state index in [0.717, 1.165) is 11.3 Å². The van der Waals surface area contributed by atoms with E-state index in [4.69, 9.17) is 37.9 Å². The third-order valence-corrected chi connectivity index (χ3v) is 11.1. The number of nitrogens with one attached hydrogen (secondary N) is 2. The molecule has 0 bridgehead atoms. The van der Waals surface area contributed by atoms with Gasteiger partial charge in [0.15, 0.2) is 29.0 Å². The van der Waals surface area contributed by atoms with Gasteiger partial charge in [0.1, 0.15) is 64.6 Å². The summed E-state index contributed by atoms with van der Waals surface area (Å²) < 4.78 is 50.4. The first-order chi connectivity index (χ1) is 34.0. The highest BCUT2D eigenvalue weighted by molar-refractivity contribution is 5.93. The van der Waals surface area contributed by atoms with Gasteiger partial charge in [0, 0.05) is 26.2 Å². The summed E-state index contributed by atoms with van der Waals surface area (Å²) >= 11 is 0. The Morgan fingerprint density at radius 3 is 1.97 bits per heavy atom. The Bertz CT molecular complexity index is 2490. The van der Waals surface area contributed by atoms with E-state index in [1.165, 1.54) is 6.33 Å². The molecule has 2 saturated heterocycles. The second-order valence-corrected chi connectivity index (χ2v) is 22.8. The molecule has 20 heteroatoms. The fraction of sp³-hybridized carbons (Fsp3) is 0.604. The minimum atomic E-state index is -1.07. The molecule has 20 nitrogen and oxygen atoms in total. The van der Waals surface area contributed by atoms with Crippen molar-refractivity contribution < 1.29 is 57.1 Å². The van der Waals surface area contributed by atoms with Crippen molar-refractivity contribution in [2.45, 2.75) is 175 Å². The van der Waals surface area contributed by atoms with E-state index in [-0.39, 0.29) is 25.3 Å². The number of hydrogen-bond acceptors (Lipinski definition) is 16. The van der Waals surface area contributed by atoms with Crippen molar-refractivity contribution in [2.24, 2.45) is 0 Å². The fourth-order valence-electron chi connectivity index (χ4n) is 8.21. The highest BCUT2D eigenvalue weighted by Crippen LogP contribution is 2.44. The van der Waals surface area contributed by atoms with Gasteiger partial charge in [-0.25, -0.2) is 34.1 Å². The SMILES string of the molecule is CC(C)(C)OC(=O)Nc1ncnc2c1ncn2[C@@H]1O[C@H](CN(CCCN(CCc2ccc(Oc3ccccc3)cc2)C(=O)OC(C)(C)C)CC[C@H](NC(=O)OC(C)(C)C)C(=O)OC(C)(C)C)[C@H]2OC(C)(C)O[C@H]21. The standard InChI is InChI=1S/C53H76N8O12/c1-49(2,3)70-45(62)37(57-46(63)71-50(4,5)6)26-29-59(27-18-28-60(48(65)73-52(10,11)12)30-25-34-21-23-36(24-22-34)66-35-19-16-15-17-20-35)31-38-40-41(69-53(13,14)68-40)44(67-38)61-33-56-39-42(54-32-55-43(39)61)58-47(64)72-51(7,8)9/h15-17,19-24,32-33,37-38,40-41,44H,18,25-31H2,1-14H3,(H,57,63)(H,54,55,58,64)/t37-,38+,40+,41+,44+/m0/s1. The lowest BCUT2D eigenvalue weighted by Crippen LogP contribution is -2.48. The zero-order valence-corrected chi connectivity index (χ0v) is 45.0. The zero-order chi connectivity index (χ0) is 53.5. The van der Waals surface area contributed by atoms with Crippen LogP contribution in [0.3, 0.4) is 0 Å². The number of rotatable bonds is 18. The second-order valence-electron chi connectivity index (χ2n) is 22.8. The molecular formula is C53H76N8O12. The third kappa shape index (κ3) is 17.3. The van der Waals surface area contributed by atoms with Gasteiger partial charge in [0.2, 0.25) is 0 Å². The lowest BCUT2D eigenvalue weighted by atomic mass is 10.1. The second kappa shape index (κ2) is 23.0. The summed E-state index contributed by atoms with van der Waals surface area (Å²) in [5.74, 6) is -0.0121. The maximum atomic E-state index is 13.8. The number of carbonyl (C=O) groups is 4. The smallest absolute Gasteiger partial charge is 0.413 e. The number of amides is 3. The van der Waals surface area contributed by atoms with Crippen LogP contribution in [-0.2, 0) is 44.4 Å². The van der Waals surface area contributed by atoms with Crippen molar-refractivity contribution in [1.82, 2.24) is 34.6 Å². The Morgan fingerprint density at radius 2 is 1.33 bits per heavy atom. The highest BCUT2D eigenvalue weighted by atomic mass is 16.8. The fourth-order valence-corrected chi connectivity index (χ4v) is 8.21. The summed E-state index contributed by atoms with van der Waals surface area (Å²) in [5, 5.41) is 5.43. The zero-order valence-electron chi connectivity index (χ0n) is 45.0. The number of hydrogen-bond donors (Lipinski definition) is 2. The average Bonchev–Trinajstić information content (AvgIpc) is 3.92. The van der Waals surface area contributed by atoms with Crippen LogP contribution in [0.15, 0.2) is 67.3 Å². The van der Waals surface area contributed by atoms with Gasteiger partial charge in [-0.2, -0.15) is 0 Å². The molecule has 4 aromatic rings. The van der Waals surface area contributed by atoms with Crippen LogP contribution in [0.1, 0.15) is 122 Å². The first kappa shape index (κ1) is 56.2. The van der Waals surface area contributed by atoms with Gasteiger partial charge in [-0.05, 0) is 153 Å². The van der Waals surface area contributed by atoms with Gasteiger partial charge in [-0.15, -0.1) is 0 Å². The number of alkyl carbamates (subject to hydrolysis) is 1. The summed E-state index contributed by atoms with van der Waals surface area (Å²) in [4.78, 5) is 70.7. The number of anilines is 1. The van der Waals surface area contributed by atoms with Crippen LogP contribution in [0.5, 0.6) is 11.5 Å². The molecule has 73 heavy (non-hydrogen) atoms. The van der Waals surface area contributed by atoms with E-state index >= 15 is 0 Å². The lowest BCUT2D eigenvalue weighted by molar-refractivity contribution is -0.198. The average molecular weight is 1020 g/mol. The van der Waals surface area contributed by atoms with Crippen molar-refractivity contribution in [3.05, 3.63) is 72.8 Å². The number of benzene rings is 2. The minimum absolute atomic E-state index is 0.136. The molecule has 2 aliphatic heterocycles. The van der Waals surface area contributed by atoms with Gasteiger partial charge >= 0.3 is 24.2 Å².